The second-order valence-corrected chi connectivity index (χ2v) is 7.48. The van der Waals surface area contributed by atoms with Gasteiger partial charge in [-0.2, -0.15) is 0 Å². The minimum Gasteiger partial charge on any atom is -0.399 e. The number of hydrogen-bond acceptors (Lipinski definition) is 4. The molecule has 3 rings (SSSR count). The molecule has 1 aromatic carbocycles. The van der Waals surface area contributed by atoms with E-state index in [0.29, 0.717) is 12.6 Å². The molecular weight excluding hydrogens is 338 g/mol. The first-order valence-electron chi connectivity index (χ1n) is 9.91. The molecule has 1 aliphatic heterocycles. The van der Waals surface area contributed by atoms with E-state index in [4.69, 9.17) is 10.5 Å². The van der Waals surface area contributed by atoms with Crippen LogP contribution in [0.15, 0.2) is 30.3 Å². The van der Waals surface area contributed by atoms with Crippen molar-refractivity contribution in [2.24, 2.45) is 0 Å². The molecule has 1 fully saturated rings. The van der Waals surface area contributed by atoms with Gasteiger partial charge >= 0.3 is 0 Å². The average molecular weight is 370 g/mol. The zero-order valence-electron chi connectivity index (χ0n) is 16.7. The minimum atomic E-state index is 0.192. The van der Waals surface area contributed by atoms with E-state index in [1.165, 1.54) is 0 Å². The van der Waals surface area contributed by atoms with Crippen molar-refractivity contribution in [3.63, 3.8) is 0 Å². The largest absolute Gasteiger partial charge is 0.399 e. The number of carbonyl (C=O) groups is 1. The maximum Gasteiger partial charge on any atom is 0.178 e. The summed E-state index contributed by atoms with van der Waals surface area (Å²) in [4.78, 5) is 15.2. The summed E-state index contributed by atoms with van der Waals surface area (Å²) in [6, 6.07) is 9.77. The third-order valence-corrected chi connectivity index (χ3v) is 5.34. The highest BCUT2D eigenvalue weighted by Gasteiger charge is 2.23. The second-order valence-electron chi connectivity index (χ2n) is 7.48. The molecule has 27 heavy (non-hydrogen) atoms. The summed E-state index contributed by atoms with van der Waals surface area (Å²) in [5.41, 5.74) is 10.4. The molecule has 0 unspecified atom stereocenters. The van der Waals surface area contributed by atoms with Gasteiger partial charge in [-0.3, -0.25) is 9.69 Å². The highest BCUT2D eigenvalue weighted by atomic mass is 16.5. The van der Waals surface area contributed by atoms with Gasteiger partial charge in [0.15, 0.2) is 5.78 Å². The van der Waals surface area contributed by atoms with Gasteiger partial charge in [-0.15, -0.1) is 0 Å². The van der Waals surface area contributed by atoms with Crippen LogP contribution in [0.25, 0.3) is 5.69 Å². The number of carbonyl (C=O) groups excluding carboxylic acids is 1. The predicted molar refractivity (Wildman–Crippen MR) is 110 cm³/mol. The van der Waals surface area contributed by atoms with E-state index in [-0.39, 0.29) is 5.78 Å². The van der Waals surface area contributed by atoms with Gasteiger partial charge in [-0.05, 0) is 63.4 Å². The molecule has 0 spiro atoms. The summed E-state index contributed by atoms with van der Waals surface area (Å²) in [6.45, 7) is 9.35. The number of rotatable bonds is 7. The molecule has 0 aliphatic carbocycles. The number of aryl methyl sites for hydroxylation is 1. The van der Waals surface area contributed by atoms with Crippen LogP contribution < -0.4 is 5.73 Å². The minimum absolute atomic E-state index is 0.192. The summed E-state index contributed by atoms with van der Waals surface area (Å²) >= 11 is 0. The van der Waals surface area contributed by atoms with Crippen LogP contribution in [0.3, 0.4) is 0 Å². The SMILES string of the molecule is CCCOC1CCN(CC(=O)c2cc(C)n(-c3ccc(N)cc3)c2C)CC1. The van der Waals surface area contributed by atoms with E-state index in [2.05, 4.69) is 16.4 Å². The maximum absolute atomic E-state index is 12.9. The Balaban J connectivity index is 1.66. The summed E-state index contributed by atoms with van der Waals surface area (Å²) < 4.78 is 7.96. The quantitative estimate of drug-likeness (QED) is 0.596. The number of Topliss-reactive ketones (excluding diaryl/α,β-unsaturated/α-hetero) is 1. The molecule has 5 heteroatoms. The van der Waals surface area contributed by atoms with Crippen molar-refractivity contribution < 1.29 is 9.53 Å². The molecule has 0 bridgehead atoms. The second kappa shape index (κ2) is 8.72. The lowest BCUT2D eigenvalue weighted by Gasteiger charge is -2.31. The van der Waals surface area contributed by atoms with Crippen molar-refractivity contribution >= 4 is 11.5 Å². The molecule has 5 nitrogen and oxygen atoms in total. The predicted octanol–water partition coefficient (Wildman–Crippen LogP) is 3.75. The van der Waals surface area contributed by atoms with Crippen LogP contribution in [0.2, 0.25) is 0 Å². The van der Waals surface area contributed by atoms with Gasteiger partial charge in [-0.25, -0.2) is 0 Å². The van der Waals surface area contributed by atoms with E-state index in [1.807, 2.05) is 44.2 Å². The molecule has 0 atom stereocenters. The number of piperidine rings is 1. The molecule has 1 saturated heterocycles. The molecular formula is C22H31N3O2. The van der Waals surface area contributed by atoms with Crippen molar-refractivity contribution in [1.29, 1.82) is 0 Å². The monoisotopic (exact) mass is 369 g/mol. The first-order valence-corrected chi connectivity index (χ1v) is 9.91. The molecule has 0 saturated carbocycles. The van der Waals surface area contributed by atoms with Gasteiger partial charge in [0, 0.05) is 48.0 Å². The third-order valence-electron chi connectivity index (χ3n) is 5.34. The molecule has 1 aromatic heterocycles. The Morgan fingerprint density at radius 3 is 2.48 bits per heavy atom. The van der Waals surface area contributed by atoms with Gasteiger partial charge in [0.25, 0.3) is 0 Å². The fourth-order valence-electron chi connectivity index (χ4n) is 3.87. The Hall–Kier alpha value is -2.11. The van der Waals surface area contributed by atoms with Crippen LogP contribution in [0.4, 0.5) is 5.69 Å². The summed E-state index contributed by atoms with van der Waals surface area (Å²) in [5, 5.41) is 0. The number of nitrogens with two attached hydrogens (primary N) is 1. The smallest absolute Gasteiger partial charge is 0.178 e. The summed E-state index contributed by atoms with van der Waals surface area (Å²) in [6.07, 6.45) is 3.43. The lowest BCUT2D eigenvalue weighted by molar-refractivity contribution is 0.00852. The van der Waals surface area contributed by atoms with E-state index in [0.717, 1.165) is 67.3 Å². The molecule has 2 aromatic rings. The number of nitrogen functional groups attached to an aromatic ring is 1. The topological polar surface area (TPSA) is 60.5 Å². The van der Waals surface area contributed by atoms with Crippen LogP contribution >= 0.6 is 0 Å². The number of benzene rings is 1. The normalized spacial score (nSPS) is 16.0. The Bertz CT molecular complexity index is 772. The Labute approximate surface area is 162 Å². The van der Waals surface area contributed by atoms with Crippen molar-refractivity contribution in [3.05, 3.63) is 47.3 Å². The standard InChI is InChI=1S/C22H31N3O2/c1-4-13-27-20-9-11-24(12-10-20)15-22(26)21-14-16(2)25(17(21)3)19-7-5-18(23)6-8-19/h5-8,14,20H,4,9-13,15,23H2,1-3H3. The zero-order valence-corrected chi connectivity index (χ0v) is 16.7. The number of ketones is 1. The number of ether oxygens (including phenoxy) is 1. The van der Waals surface area contributed by atoms with Gasteiger partial charge in [-0.1, -0.05) is 6.92 Å². The van der Waals surface area contributed by atoms with Crippen LogP contribution in [-0.2, 0) is 4.74 Å². The summed E-state index contributed by atoms with van der Waals surface area (Å²) in [7, 11) is 0. The molecule has 146 valence electrons. The zero-order chi connectivity index (χ0) is 19.4. The highest BCUT2D eigenvalue weighted by Crippen LogP contribution is 2.23. The fraction of sp³-hybridized carbons (Fsp3) is 0.500. The number of anilines is 1. The van der Waals surface area contributed by atoms with Crippen LogP contribution in [0, 0.1) is 13.8 Å². The van der Waals surface area contributed by atoms with E-state index in [1.54, 1.807) is 0 Å². The molecule has 2 heterocycles. The van der Waals surface area contributed by atoms with E-state index in [9.17, 15) is 4.79 Å². The van der Waals surface area contributed by atoms with Gasteiger partial charge in [0.05, 0.1) is 12.6 Å². The summed E-state index contributed by atoms with van der Waals surface area (Å²) in [5.74, 6) is 0.192. The maximum atomic E-state index is 12.9. The number of likely N-dealkylation sites (tertiary alicyclic amines) is 1. The molecule has 0 amide bonds. The lowest BCUT2D eigenvalue weighted by atomic mass is 10.1. The van der Waals surface area contributed by atoms with Crippen molar-refractivity contribution in [1.82, 2.24) is 9.47 Å². The average Bonchev–Trinajstić information content (AvgIpc) is 2.96. The molecule has 2 N–H and O–H groups in total. The number of hydrogen-bond donors (Lipinski definition) is 1. The Morgan fingerprint density at radius 1 is 1.19 bits per heavy atom. The molecule has 1 aliphatic rings. The van der Waals surface area contributed by atoms with E-state index < -0.39 is 0 Å². The number of nitrogens with zero attached hydrogens (tertiary/aromatic N) is 2. The molecule has 0 radical (unpaired) electrons. The van der Waals surface area contributed by atoms with Crippen LogP contribution in [-0.4, -0.2) is 47.6 Å². The number of aromatic nitrogens is 1. The Morgan fingerprint density at radius 2 is 1.85 bits per heavy atom. The highest BCUT2D eigenvalue weighted by molar-refractivity contribution is 5.99. The van der Waals surface area contributed by atoms with Crippen LogP contribution in [0.5, 0.6) is 0 Å². The van der Waals surface area contributed by atoms with Crippen LogP contribution in [0.1, 0.15) is 47.9 Å². The van der Waals surface area contributed by atoms with Crippen molar-refractivity contribution in [2.45, 2.75) is 46.1 Å². The van der Waals surface area contributed by atoms with Gasteiger partial charge in [0.1, 0.15) is 0 Å². The van der Waals surface area contributed by atoms with E-state index >= 15 is 0 Å². The van der Waals surface area contributed by atoms with Crippen molar-refractivity contribution in [2.75, 3.05) is 32.0 Å². The fourth-order valence-corrected chi connectivity index (χ4v) is 3.87. The first kappa shape index (κ1) is 19.6. The third kappa shape index (κ3) is 4.60. The van der Waals surface area contributed by atoms with Gasteiger partial charge in [0.2, 0.25) is 0 Å². The van der Waals surface area contributed by atoms with Crippen molar-refractivity contribution in [3.8, 4) is 5.69 Å². The first-order chi connectivity index (χ1) is 13.0. The van der Waals surface area contributed by atoms with Gasteiger partial charge < -0.3 is 15.0 Å². The lowest BCUT2D eigenvalue weighted by Crippen LogP contribution is -2.40. The Kier molecular flexibility index (Phi) is 6.34.